The first-order chi connectivity index (χ1) is 11.4. The fraction of sp³-hybridized carbons (Fsp3) is 0.500. The second-order valence-corrected chi connectivity index (χ2v) is 7.22. The summed E-state index contributed by atoms with van der Waals surface area (Å²) in [5, 5.41) is 27.2. The number of carboxylic acids is 1. The maximum atomic E-state index is 12.2. The van der Waals surface area contributed by atoms with Crippen molar-refractivity contribution in [1.82, 2.24) is 15.1 Å². The number of aliphatic hydroxyl groups excluding tert-OH is 1. The van der Waals surface area contributed by atoms with Gasteiger partial charge in [-0.25, -0.2) is 4.79 Å². The van der Waals surface area contributed by atoms with Gasteiger partial charge >= 0.3 is 5.97 Å². The number of carboxylic acid groups (broad SMARTS) is 1. The Kier molecular flexibility index (Phi) is 4.60. The number of hydrogen-bond donors (Lipinski definition) is 2. The molecule has 0 bridgehead atoms. The summed E-state index contributed by atoms with van der Waals surface area (Å²) in [5.41, 5.74) is 0.910. The normalized spacial score (nSPS) is 27.0. The Morgan fingerprint density at radius 2 is 2.25 bits per heavy atom. The van der Waals surface area contributed by atoms with Crippen LogP contribution in [0.2, 0.25) is 0 Å². The van der Waals surface area contributed by atoms with Crippen LogP contribution in [0.15, 0.2) is 28.9 Å². The highest BCUT2D eigenvalue weighted by atomic mass is 32.2. The molecule has 2 aliphatic rings. The second-order valence-electron chi connectivity index (χ2n) is 6.09. The van der Waals surface area contributed by atoms with Crippen LogP contribution in [0, 0.1) is 11.8 Å². The number of thioether (sulfide) groups is 1. The number of aliphatic carboxylic acids is 1. The van der Waals surface area contributed by atoms with Crippen LogP contribution in [0.4, 0.5) is 0 Å². The Balaban J connectivity index is 1.76. The molecule has 128 valence electrons. The number of aryl methyl sites for hydroxylation is 1. The van der Waals surface area contributed by atoms with Crippen LogP contribution in [0.3, 0.4) is 0 Å². The lowest BCUT2D eigenvalue weighted by atomic mass is 9.79. The van der Waals surface area contributed by atoms with Crippen molar-refractivity contribution in [3.63, 3.8) is 0 Å². The second kappa shape index (κ2) is 6.52. The minimum absolute atomic E-state index is 0.0681. The van der Waals surface area contributed by atoms with Crippen molar-refractivity contribution in [2.24, 2.45) is 11.8 Å². The minimum Gasteiger partial charge on any atom is -0.477 e. The van der Waals surface area contributed by atoms with Crippen molar-refractivity contribution in [2.75, 3.05) is 5.75 Å². The largest absolute Gasteiger partial charge is 0.477 e. The fourth-order valence-corrected chi connectivity index (χ4v) is 4.70. The SMILES string of the molecule is C[C@@H](O)C1C(=O)N2C(C(=O)O)=C(SCCc3cccnn3)[C@H](C)C12. The van der Waals surface area contributed by atoms with Gasteiger partial charge in [0.15, 0.2) is 0 Å². The molecule has 1 aromatic heterocycles. The lowest BCUT2D eigenvalue weighted by Crippen LogP contribution is -2.63. The number of amides is 1. The summed E-state index contributed by atoms with van der Waals surface area (Å²) in [4.78, 5) is 25.9. The molecule has 0 radical (unpaired) electrons. The molecule has 4 atom stereocenters. The van der Waals surface area contributed by atoms with Gasteiger partial charge in [-0.15, -0.1) is 11.8 Å². The van der Waals surface area contributed by atoms with Gasteiger partial charge in [0, 0.05) is 29.2 Å². The first-order valence-corrected chi connectivity index (χ1v) is 8.80. The molecular weight excluding hydrogens is 330 g/mol. The molecule has 0 saturated carbocycles. The monoisotopic (exact) mass is 349 g/mol. The average Bonchev–Trinajstić information content (AvgIpc) is 2.78. The Morgan fingerprint density at radius 1 is 1.50 bits per heavy atom. The molecule has 1 amide bonds. The van der Waals surface area contributed by atoms with Gasteiger partial charge in [-0.05, 0) is 19.1 Å². The summed E-state index contributed by atoms with van der Waals surface area (Å²) >= 11 is 1.44. The maximum absolute atomic E-state index is 12.2. The predicted octanol–water partition coefficient (Wildman–Crippen LogP) is 0.906. The highest BCUT2D eigenvalue weighted by Crippen LogP contribution is 2.50. The van der Waals surface area contributed by atoms with Gasteiger partial charge in [0.05, 0.1) is 23.8 Å². The summed E-state index contributed by atoms with van der Waals surface area (Å²) in [5.74, 6) is -1.36. The third-order valence-electron chi connectivity index (χ3n) is 4.55. The van der Waals surface area contributed by atoms with Gasteiger partial charge in [0.1, 0.15) is 5.70 Å². The molecule has 3 heterocycles. The van der Waals surface area contributed by atoms with Crippen molar-refractivity contribution in [1.29, 1.82) is 0 Å². The van der Waals surface area contributed by atoms with Crippen LogP contribution < -0.4 is 0 Å². The molecule has 3 rings (SSSR count). The molecule has 2 aliphatic heterocycles. The molecule has 2 unspecified atom stereocenters. The van der Waals surface area contributed by atoms with Crippen molar-refractivity contribution >= 4 is 23.6 Å². The molecule has 0 aliphatic carbocycles. The van der Waals surface area contributed by atoms with Crippen LogP contribution in [-0.2, 0) is 16.0 Å². The molecule has 0 spiro atoms. The molecule has 1 fully saturated rings. The Hall–Kier alpha value is -1.93. The molecule has 0 aromatic carbocycles. The summed E-state index contributed by atoms with van der Waals surface area (Å²) < 4.78 is 0. The zero-order valence-electron chi connectivity index (χ0n) is 13.4. The molecule has 2 N–H and O–H groups in total. The third-order valence-corrected chi connectivity index (χ3v) is 5.84. The summed E-state index contributed by atoms with van der Waals surface area (Å²) in [6.07, 6.45) is 1.49. The fourth-order valence-electron chi connectivity index (χ4n) is 3.45. The zero-order valence-corrected chi connectivity index (χ0v) is 14.2. The molecule has 1 aromatic rings. The smallest absolute Gasteiger partial charge is 0.353 e. The zero-order chi connectivity index (χ0) is 17.4. The quantitative estimate of drug-likeness (QED) is 0.736. The molecule has 7 nitrogen and oxygen atoms in total. The summed E-state index contributed by atoms with van der Waals surface area (Å²) in [7, 11) is 0. The van der Waals surface area contributed by atoms with E-state index in [1.807, 2.05) is 19.1 Å². The van der Waals surface area contributed by atoms with Crippen LogP contribution in [0.25, 0.3) is 0 Å². The summed E-state index contributed by atoms with van der Waals surface area (Å²) in [6, 6.07) is 3.42. The number of rotatable bonds is 6. The van der Waals surface area contributed by atoms with Gasteiger partial charge in [0.25, 0.3) is 0 Å². The first-order valence-electron chi connectivity index (χ1n) is 7.81. The molecule has 24 heavy (non-hydrogen) atoms. The summed E-state index contributed by atoms with van der Waals surface area (Å²) in [6.45, 7) is 3.49. The van der Waals surface area contributed by atoms with Crippen molar-refractivity contribution in [3.05, 3.63) is 34.6 Å². The Morgan fingerprint density at radius 3 is 2.83 bits per heavy atom. The van der Waals surface area contributed by atoms with E-state index in [1.54, 1.807) is 13.1 Å². The standard InChI is InChI=1S/C16H19N3O4S/c1-8-12-11(9(2)20)15(21)19(12)13(16(22)23)14(8)24-7-5-10-4-3-6-17-18-10/h3-4,6,8-9,11-12,20H,5,7H2,1-2H3,(H,22,23)/t8-,9-,11?,12?/m1/s1. The topological polar surface area (TPSA) is 104 Å². The highest BCUT2D eigenvalue weighted by molar-refractivity contribution is 8.03. The Labute approximate surface area is 143 Å². The van der Waals surface area contributed by atoms with Crippen molar-refractivity contribution < 1.29 is 19.8 Å². The molecular formula is C16H19N3O4S. The van der Waals surface area contributed by atoms with E-state index in [9.17, 15) is 19.8 Å². The van der Waals surface area contributed by atoms with E-state index in [0.29, 0.717) is 17.1 Å². The van der Waals surface area contributed by atoms with Crippen LogP contribution in [-0.4, -0.2) is 55.1 Å². The van der Waals surface area contributed by atoms with Gasteiger partial charge in [0.2, 0.25) is 5.91 Å². The highest BCUT2D eigenvalue weighted by Gasteiger charge is 2.59. The lowest BCUT2D eigenvalue weighted by Gasteiger charge is -2.46. The van der Waals surface area contributed by atoms with Gasteiger partial charge in [-0.2, -0.15) is 10.2 Å². The van der Waals surface area contributed by atoms with Crippen LogP contribution in [0.5, 0.6) is 0 Å². The lowest BCUT2D eigenvalue weighted by molar-refractivity contribution is -0.163. The van der Waals surface area contributed by atoms with Crippen molar-refractivity contribution in [2.45, 2.75) is 32.4 Å². The first kappa shape index (κ1) is 16.9. The van der Waals surface area contributed by atoms with Gasteiger partial charge < -0.3 is 15.1 Å². The number of β-lactam (4-membered cyclic amide) rings is 1. The molecule has 8 heteroatoms. The number of carbonyl (C=O) groups excluding carboxylic acids is 1. The maximum Gasteiger partial charge on any atom is 0.353 e. The third kappa shape index (κ3) is 2.69. The number of aliphatic hydroxyl groups is 1. The number of nitrogens with zero attached hydrogens (tertiary/aromatic N) is 3. The van der Waals surface area contributed by atoms with E-state index in [4.69, 9.17) is 0 Å². The minimum atomic E-state index is -1.09. The number of carbonyl (C=O) groups is 2. The number of hydrogen-bond acceptors (Lipinski definition) is 6. The van der Waals surface area contributed by atoms with Crippen LogP contribution in [0.1, 0.15) is 19.5 Å². The van der Waals surface area contributed by atoms with E-state index < -0.39 is 18.0 Å². The van der Waals surface area contributed by atoms with E-state index in [-0.39, 0.29) is 23.6 Å². The number of fused-ring (bicyclic) bond motifs is 1. The van der Waals surface area contributed by atoms with E-state index in [2.05, 4.69) is 10.2 Å². The molecule has 1 saturated heterocycles. The van der Waals surface area contributed by atoms with E-state index >= 15 is 0 Å². The van der Waals surface area contributed by atoms with Gasteiger partial charge in [-0.3, -0.25) is 4.79 Å². The predicted molar refractivity (Wildman–Crippen MR) is 87.8 cm³/mol. The van der Waals surface area contributed by atoms with Crippen molar-refractivity contribution in [3.8, 4) is 0 Å². The number of aromatic nitrogens is 2. The van der Waals surface area contributed by atoms with Crippen LogP contribution >= 0.6 is 11.8 Å². The van der Waals surface area contributed by atoms with Gasteiger partial charge in [-0.1, -0.05) is 6.92 Å². The van der Waals surface area contributed by atoms with E-state index in [1.165, 1.54) is 16.7 Å². The van der Waals surface area contributed by atoms with E-state index in [0.717, 1.165) is 5.69 Å². The average molecular weight is 349 g/mol. The Bertz CT molecular complexity index is 692.